The molecule has 0 amide bonds. The van der Waals surface area contributed by atoms with Gasteiger partial charge in [-0.3, -0.25) is 9.71 Å². The lowest BCUT2D eigenvalue weighted by molar-refractivity contribution is 0.607. The molecule has 0 aliphatic rings. The first-order valence-electron chi connectivity index (χ1n) is 5.28. The molecule has 1 heterocycles. The molecular formula is C12H13N3O2S. The van der Waals surface area contributed by atoms with E-state index in [0.717, 1.165) is 11.9 Å². The zero-order valence-corrected chi connectivity index (χ0v) is 10.6. The van der Waals surface area contributed by atoms with Gasteiger partial charge in [-0.2, -0.15) is 0 Å². The number of nitrogens with zero attached hydrogens (tertiary/aromatic N) is 1. The Morgan fingerprint density at radius 1 is 1.06 bits per heavy atom. The number of para-hydroxylation sites is 1. The molecule has 1 aromatic carbocycles. The number of rotatable bonds is 4. The minimum atomic E-state index is -3.31. The Labute approximate surface area is 106 Å². The van der Waals surface area contributed by atoms with Crippen molar-refractivity contribution in [3.05, 3.63) is 48.8 Å². The zero-order chi connectivity index (χ0) is 13.0. The summed E-state index contributed by atoms with van der Waals surface area (Å²) >= 11 is 0. The van der Waals surface area contributed by atoms with E-state index >= 15 is 0 Å². The maximum absolute atomic E-state index is 11.2. The molecule has 0 aliphatic heterocycles. The van der Waals surface area contributed by atoms with E-state index in [9.17, 15) is 8.42 Å². The third-order valence-corrected chi connectivity index (χ3v) is 2.76. The predicted octanol–water partition coefficient (Wildman–Crippen LogP) is 2.20. The zero-order valence-electron chi connectivity index (χ0n) is 9.79. The number of pyridine rings is 1. The molecule has 0 atom stereocenters. The van der Waals surface area contributed by atoms with Crippen molar-refractivity contribution >= 4 is 27.1 Å². The molecule has 0 saturated carbocycles. The van der Waals surface area contributed by atoms with Crippen LogP contribution in [0, 0.1) is 0 Å². The highest BCUT2D eigenvalue weighted by molar-refractivity contribution is 7.92. The molecule has 0 aliphatic carbocycles. The minimum absolute atomic E-state index is 0.469. The van der Waals surface area contributed by atoms with Gasteiger partial charge < -0.3 is 5.32 Å². The van der Waals surface area contributed by atoms with Crippen LogP contribution in [0.3, 0.4) is 0 Å². The van der Waals surface area contributed by atoms with Crippen molar-refractivity contribution in [3.63, 3.8) is 0 Å². The second-order valence-electron chi connectivity index (χ2n) is 3.79. The van der Waals surface area contributed by atoms with E-state index in [0.29, 0.717) is 11.4 Å². The second kappa shape index (κ2) is 5.05. The van der Waals surface area contributed by atoms with Crippen molar-refractivity contribution in [1.29, 1.82) is 0 Å². The molecule has 0 spiro atoms. The van der Waals surface area contributed by atoms with Gasteiger partial charge in [-0.05, 0) is 18.2 Å². The SMILES string of the molecule is CS(=O)(=O)Nc1ccncc1Nc1ccccc1. The fourth-order valence-electron chi connectivity index (χ4n) is 1.46. The van der Waals surface area contributed by atoms with Crippen LogP contribution >= 0.6 is 0 Å². The number of anilines is 3. The summed E-state index contributed by atoms with van der Waals surface area (Å²) in [5.41, 5.74) is 1.94. The lowest BCUT2D eigenvalue weighted by Gasteiger charge is -2.11. The molecule has 0 radical (unpaired) electrons. The van der Waals surface area contributed by atoms with Gasteiger partial charge in [0.25, 0.3) is 0 Å². The molecule has 0 bridgehead atoms. The first kappa shape index (κ1) is 12.4. The maximum Gasteiger partial charge on any atom is 0.229 e. The minimum Gasteiger partial charge on any atom is -0.353 e. The maximum atomic E-state index is 11.2. The van der Waals surface area contributed by atoms with Crippen molar-refractivity contribution in [2.75, 3.05) is 16.3 Å². The Morgan fingerprint density at radius 2 is 1.78 bits per heavy atom. The molecular weight excluding hydrogens is 250 g/mol. The second-order valence-corrected chi connectivity index (χ2v) is 5.53. The van der Waals surface area contributed by atoms with Gasteiger partial charge in [0.05, 0.1) is 23.8 Å². The number of sulfonamides is 1. The lowest BCUT2D eigenvalue weighted by Crippen LogP contribution is -2.11. The van der Waals surface area contributed by atoms with Crippen molar-refractivity contribution in [2.45, 2.75) is 0 Å². The standard InChI is InChI=1S/C12H13N3O2S/c1-18(16,17)15-11-7-8-13-9-12(11)14-10-5-3-2-4-6-10/h2-9,14H,1H3,(H,13,15). The van der Waals surface area contributed by atoms with E-state index in [1.54, 1.807) is 12.3 Å². The molecule has 18 heavy (non-hydrogen) atoms. The summed E-state index contributed by atoms with van der Waals surface area (Å²) < 4.78 is 24.9. The van der Waals surface area contributed by atoms with Crippen LogP contribution in [0.4, 0.5) is 17.1 Å². The quantitative estimate of drug-likeness (QED) is 0.887. The predicted molar refractivity (Wildman–Crippen MR) is 72.4 cm³/mol. The molecule has 0 unspecified atom stereocenters. The third kappa shape index (κ3) is 3.46. The van der Waals surface area contributed by atoms with E-state index in [1.807, 2.05) is 30.3 Å². The van der Waals surface area contributed by atoms with Crippen molar-refractivity contribution < 1.29 is 8.42 Å². The Balaban J connectivity index is 2.28. The number of hydrogen-bond donors (Lipinski definition) is 2. The average molecular weight is 263 g/mol. The van der Waals surface area contributed by atoms with Gasteiger partial charge in [0.2, 0.25) is 10.0 Å². The van der Waals surface area contributed by atoms with Gasteiger partial charge in [0.1, 0.15) is 0 Å². The summed E-state index contributed by atoms with van der Waals surface area (Å²) in [5.74, 6) is 0. The molecule has 2 aromatic rings. The highest BCUT2D eigenvalue weighted by Crippen LogP contribution is 2.24. The Bertz CT molecular complexity index is 627. The van der Waals surface area contributed by atoms with Crippen LogP contribution in [0.1, 0.15) is 0 Å². The van der Waals surface area contributed by atoms with Crippen LogP contribution < -0.4 is 10.0 Å². The van der Waals surface area contributed by atoms with Gasteiger partial charge in [0.15, 0.2) is 0 Å². The third-order valence-electron chi connectivity index (χ3n) is 2.17. The van der Waals surface area contributed by atoms with Crippen LogP contribution in [-0.2, 0) is 10.0 Å². The monoisotopic (exact) mass is 263 g/mol. The Morgan fingerprint density at radius 3 is 2.44 bits per heavy atom. The highest BCUT2D eigenvalue weighted by atomic mass is 32.2. The molecule has 2 rings (SSSR count). The van der Waals surface area contributed by atoms with Crippen molar-refractivity contribution in [2.24, 2.45) is 0 Å². The van der Waals surface area contributed by atoms with E-state index < -0.39 is 10.0 Å². The molecule has 0 fully saturated rings. The van der Waals surface area contributed by atoms with Crippen molar-refractivity contribution in [1.82, 2.24) is 4.98 Å². The van der Waals surface area contributed by atoms with Gasteiger partial charge >= 0.3 is 0 Å². The lowest BCUT2D eigenvalue weighted by atomic mass is 10.3. The number of nitrogens with one attached hydrogen (secondary N) is 2. The van der Waals surface area contributed by atoms with Crippen LogP contribution in [0.5, 0.6) is 0 Å². The normalized spacial score (nSPS) is 10.9. The van der Waals surface area contributed by atoms with E-state index in [1.165, 1.54) is 6.20 Å². The molecule has 6 heteroatoms. The van der Waals surface area contributed by atoms with Gasteiger partial charge in [-0.25, -0.2) is 8.42 Å². The Kier molecular flexibility index (Phi) is 3.47. The highest BCUT2D eigenvalue weighted by Gasteiger charge is 2.07. The summed E-state index contributed by atoms with van der Waals surface area (Å²) in [6.45, 7) is 0. The summed E-state index contributed by atoms with van der Waals surface area (Å²) in [5, 5.41) is 3.11. The molecule has 5 nitrogen and oxygen atoms in total. The molecule has 1 aromatic heterocycles. The number of hydrogen-bond acceptors (Lipinski definition) is 4. The fraction of sp³-hybridized carbons (Fsp3) is 0.0833. The van der Waals surface area contributed by atoms with E-state index in [4.69, 9.17) is 0 Å². The van der Waals surface area contributed by atoms with Crippen LogP contribution in [-0.4, -0.2) is 19.7 Å². The number of aromatic nitrogens is 1. The summed E-state index contributed by atoms with van der Waals surface area (Å²) in [4.78, 5) is 3.97. The molecule has 2 N–H and O–H groups in total. The van der Waals surface area contributed by atoms with Crippen molar-refractivity contribution in [3.8, 4) is 0 Å². The topological polar surface area (TPSA) is 71.1 Å². The Hall–Kier alpha value is -2.08. The van der Waals surface area contributed by atoms with Gasteiger partial charge in [0, 0.05) is 11.9 Å². The fourth-order valence-corrected chi connectivity index (χ4v) is 2.04. The smallest absolute Gasteiger partial charge is 0.229 e. The van der Waals surface area contributed by atoms with Gasteiger partial charge in [-0.15, -0.1) is 0 Å². The summed E-state index contributed by atoms with van der Waals surface area (Å²) in [6.07, 6.45) is 4.21. The summed E-state index contributed by atoms with van der Waals surface area (Å²) in [7, 11) is -3.31. The van der Waals surface area contributed by atoms with E-state index in [-0.39, 0.29) is 0 Å². The molecule has 0 saturated heterocycles. The molecule has 94 valence electrons. The first-order chi connectivity index (χ1) is 8.54. The van der Waals surface area contributed by atoms with Crippen LogP contribution in [0.25, 0.3) is 0 Å². The van der Waals surface area contributed by atoms with Crippen LogP contribution in [0.2, 0.25) is 0 Å². The van der Waals surface area contributed by atoms with Crippen LogP contribution in [0.15, 0.2) is 48.8 Å². The first-order valence-corrected chi connectivity index (χ1v) is 7.17. The largest absolute Gasteiger partial charge is 0.353 e. The van der Waals surface area contributed by atoms with E-state index in [2.05, 4.69) is 15.0 Å². The average Bonchev–Trinajstić information content (AvgIpc) is 2.31. The van der Waals surface area contributed by atoms with Gasteiger partial charge in [-0.1, -0.05) is 18.2 Å². The summed E-state index contributed by atoms with van der Waals surface area (Å²) in [6, 6.07) is 11.1. The number of benzene rings is 1.